The average molecular weight is 433 g/mol. The average Bonchev–Trinajstić information content (AvgIpc) is 2.84. The van der Waals surface area contributed by atoms with E-state index in [9.17, 15) is 14.3 Å². The van der Waals surface area contributed by atoms with E-state index in [1.807, 2.05) is 18.2 Å². The Morgan fingerprint density at radius 1 is 1.09 bits per heavy atom. The fourth-order valence-corrected chi connectivity index (χ4v) is 3.89. The van der Waals surface area contributed by atoms with Gasteiger partial charge in [-0.2, -0.15) is 0 Å². The molecule has 32 heavy (non-hydrogen) atoms. The molecule has 0 aliphatic carbocycles. The minimum atomic E-state index is -1.31. The highest BCUT2D eigenvalue weighted by atomic mass is 19.1. The molecule has 9 heteroatoms. The Bertz CT molecular complexity index is 1340. The van der Waals surface area contributed by atoms with E-state index in [1.165, 1.54) is 36.9 Å². The van der Waals surface area contributed by atoms with Crippen LogP contribution in [-0.4, -0.2) is 51.3 Å². The predicted molar refractivity (Wildman–Crippen MR) is 117 cm³/mol. The highest BCUT2D eigenvalue weighted by Crippen LogP contribution is 2.32. The number of halogens is 1. The van der Waals surface area contributed by atoms with Gasteiger partial charge in [0.1, 0.15) is 23.9 Å². The summed E-state index contributed by atoms with van der Waals surface area (Å²) >= 11 is 0. The first-order chi connectivity index (χ1) is 15.6. The number of benzene rings is 2. The molecule has 4 aromatic rings. The van der Waals surface area contributed by atoms with E-state index in [-0.39, 0.29) is 11.3 Å². The summed E-state index contributed by atoms with van der Waals surface area (Å²) in [5, 5.41) is 11.4. The van der Waals surface area contributed by atoms with Crippen molar-refractivity contribution in [2.45, 2.75) is 6.10 Å². The van der Waals surface area contributed by atoms with E-state index in [0.717, 1.165) is 18.8 Å². The molecule has 5 rings (SSSR count). The zero-order valence-electron chi connectivity index (χ0n) is 17.0. The standard InChI is InChI=1S/C23H20FN5O3/c24-18-4-1-14(22(30)21-23(31)26-6-5-25-21)11-17(18)20-16-3-2-15(12-19(16)27-13-28-20)29-7-9-32-10-8-29/h1-6,11-13,22,30H,7-10H2,(H,26,31)/t22-/m1/s1. The number of ether oxygens (including phenoxy) is 1. The topological polar surface area (TPSA) is 104 Å². The van der Waals surface area contributed by atoms with Crippen LogP contribution < -0.4 is 10.5 Å². The molecular weight excluding hydrogens is 413 g/mol. The molecule has 1 aliphatic heterocycles. The first kappa shape index (κ1) is 20.2. The molecule has 162 valence electrons. The van der Waals surface area contributed by atoms with Crippen LogP contribution in [0.25, 0.3) is 22.2 Å². The highest BCUT2D eigenvalue weighted by molar-refractivity contribution is 5.94. The van der Waals surface area contributed by atoms with Crippen molar-refractivity contribution in [3.63, 3.8) is 0 Å². The van der Waals surface area contributed by atoms with Crippen molar-refractivity contribution in [3.05, 3.63) is 82.5 Å². The van der Waals surface area contributed by atoms with Gasteiger partial charge in [0.15, 0.2) is 0 Å². The van der Waals surface area contributed by atoms with E-state index >= 15 is 0 Å². The third-order valence-corrected chi connectivity index (χ3v) is 5.55. The fraction of sp³-hybridized carbons (Fsp3) is 0.217. The number of anilines is 1. The Morgan fingerprint density at radius 2 is 1.94 bits per heavy atom. The van der Waals surface area contributed by atoms with Gasteiger partial charge in [0.05, 0.1) is 24.4 Å². The van der Waals surface area contributed by atoms with Gasteiger partial charge in [-0.05, 0) is 35.9 Å². The third-order valence-electron chi connectivity index (χ3n) is 5.55. The van der Waals surface area contributed by atoms with Crippen LogP contribution in [0.4, 0.5) is 10.1 Å². The van der Waals surface area contributed by atoms with Gasteiger partial charge in [0.2, 0.25) is 0 Å². The van der Waals surface area contributed by atoms with Crippen molar-refractivity contribution in [1.29, 1.82) is 0 Å². The number of nitrogens with zero attached hydrogens (tertiary/aromatic N) is 4. The zero-order valence-corrected chi connectivity index (χ0v) is 17.0. The summed E-state index contributed by atoms with van der Waals surface area (Å²) < 4.78 is 20.3. The molecule has 1 aliphatic rings. The van der Waals surface area contributed by atoms with Crippen LogP contribution in [0, 0.1) is 5.82 Å². The summed E-state index contributed by atoms with van der Waals surface area (Å²) in [5.41, 5.74) is 2.09. The number of rotatable bonds is 4. The first-order valence-electron chi connectivity index (χ1n) is 10.2. The normalized spacial score (nSPS) is 15.1. The second-order valence-electron chi connectivity index (χ2n) is 7.47. The summed E-state index contributed by atoms with van der Waals surface area (Å²) in [6, 6.07) is 9.96. The second kappa shape index (κ2) is 8.45. The maximum Gasteiger partial charge on any atom is 0.272 e. The number of fused-ring (bicyclic) bond motifs is 1. The SMILES string of the molecule is O=c1[nH]ccnc1[C@H](O)c1ccc(F)c(-c2ncnc3cc(N4CCOCC4)ccc23)c1. The minimum absolute atomic E-state index is 0.0623. The molecule has 0 bridgehead atoms. The molecule has 2 aromatic carbocycles. The number of aromatic amines is 1. The van der Waals surface area contributed by atoms with Gasteiger partial charge in [-0.3, -0.25) is 9.78 Å². The van der Waals surface area contributed by atoms with Gasteiger partial charge < -0.3 is 19.7 Å². The van der Waals surface area contributed by atoms with Crippen molar-refractivity contribution in [1.82, 2.24) is 19.9 Å². The lowest BCUT2D eigenvalue weighted by molar-refractivity contribution is 0.122. The van der Waals surface area contributed by atoms with Crippen molar-refractivity contribution in [2.24, 2.45) is 0 Å². The van der Waals surface area contributed by atoms with Gasteiger partial charge in [0.25, 0.3) is 5.56 Å². The Balaban J connectivity index is 1.57. The number of aliphatic hydroxyl groups excluding tert-OH is 1. The molecule has 2 aromatic heterocycles. The van der Waals surface area contributed by atoms with E-state index in [1.54, 1.807) is 0 Å². The first-order valence-corrected chi connectivity index (χ1v) is 10.2. The van der Waals surface area contributed by atoms with Gasteiger partial charge in [-0.1, -0.05) is 6.07 Å². The molecule has 0 saturated carbocycles. The number of aliphatic hydroxyl groups is 1. The van der Waals surface area contributed by atoms with Gasteiger partial charge in [0, 0.05) is 42.1 Å². The molecule has 0 unspecified atom stereocenters. The minimum Gasteiger partial charge on any atom is -0.382 e. The lowest BCUT2D eigenvalue weighted by atomic mass is 9.99. The number of morpholine rings is 1. The molecular formula is C23H20FN5O3. The van der Waals surface area contributed by atoms with E-state index in [2.05, 4.69) is 24.8 Å². The zero-order chi connectivity index (χ0) is 22.1. The lowest BCUT2D eigenvalue weighted by Crippen LogP contribution is -2.36. The highest BCUT2D eigenvalue weighted by Gasteiger charge is 2.20. The molecule has 1 atom stereocenters. The summed E-state index contributed by atoms with van der Waals surface area (Å²) in [6.07, 6.45) is 2.86. The Morgan fingerprint density at radius 3 is 2.75 bits per heavy atom. The van der Waals surface area contributed by atoms with Crippen molar-refractivity contribution in [3.8, 4) is 11.3 Å². The van der Waals surface area contributed by atoms with Crippen molar-refractivity contribution < 1.29 is 14.2 Å². The summed E-state index contributed by atoms with van der Waals surface area (Å²) in [4.78, 5) is 29.4. The van der Waals surface area contributed by atoms with Crippen molar-refractivity contribution >= 4 is 16.6 Å². The van der Waals surface area contributed by atoms with Crippen LogP contribution in [0.5, 0.6) is 0 Å². The summed E-state index contributed by atoms with van der Waals surface area (Å²) in [6.45, 7) is 2.94. The maximum atomic E-state index is 14.9. The lowest BCUT2D eigenvalue weighted by Gasteiger charge is -2.29. The Hall–Kier alpha value is -3.69. The molecule has 2 N–H and O–H groups in total. The number of hydrogen-bond donors (Lipinski definition) is 2. The van der Waals surface area contributed by atoms with Crippen LogP contribution in [0.15, 0.2) is 59.9 Å². The van der Waals surface area contributed by atoms with Crippen LogP contribution in [0.2, 0.25) is 0 Å². The number of hydrogen-bond acceptors (Lipinski definition) is 7. The van der Waals surface area contributed by atoms with Crippen LogP contribution >= 0.6 is 0 Å². The van der Waals surface area contributed by atoms with E-state index in [4.69, 9.17) is 4.74 Å². The molecule has 0 amide bonds. The molecule has 1 saturated heterocycles. The predicted octanol–water partition coefficient (Wildman–Crippen LogP) is 2.44. The summed E-state index contributed by atoms with van der Waals surface area (Å²) in [7, 11) is 0. The molecule has 3 heterocycles. The Labute approximate surface area is 182 Å². The number of H-pyrrole nitrogens is 1. The van der Waals surface area contributed by atoms with Crippen LogP contribution in [0.1, 0.15) is 17.4 Å². The largest absolute Gasteiger partial charge is 0.382 e. The van der Waals surface area contributed by atoms with Gasteiger partial charge >= 0.3 is 0 Å². The van der Waals surface area contributed by atoms with E-state index < -0.39 is 17.5 Å². The molecule has 0 spiro atoms. The van der Waals surface area contributed by atoms with Crippen LogP contribution in [0.3, 0.4) is 0 Å². The van der Waals surface area contributed by atoms with Gasteiger partial charge in [-0.25, -0.2) is 14.4 Å². The summed E-state index contributed by atoms with van der Waals surface area (Å²) in [5.74, 6) is -0.492. The van der Waals surface area contributed by atoms with Crippen LogP contribution in [-0.2, 0) is 4.74 Å². The molecule has 1 fully saturated rings. The molecule has 8 nitrogen and oxygen atoms in total. The quantitative estimate of drug-likeness (QED) is 0.509. The van der Waals surface area contributed by atoms with E-state index in [0.29, 0.717) is 35.4 Å². The Kier molecular flexibility index (Phi) is 5.34. The monoisotopic (exact) mass is 433 g/mol. The fourth-order valence-electron chi connectivity index (χ4n) is 3.89. The van der Waals surface area contributed by atoms with Gasteiger partial charge in [-0.15, -0.1) is 0 Å². The number of nitrogens with one attached hydrogen (secondary N) is 1. The van der Waals surface area contributed by atoms with Crippen molar-refractivity contribution in [2.75, 3.05) is 31.2 Å². The molecule has 0 radical (unpaired) electrons. The smallest absolute Gasteiger partial charge is 0.272 e. The third kappa shape index (κ3) is 3.72. The maximum absolute atomic E-state index is 14.9. The second-order valence-corrected chi connectivity index (χ2v) is 7.47. The number of aromatic nitrogens is 4.